The molecule has 0 aromatic carbocycles. The Hall–Kier alpha value is -1.17. The Bertz CT molecular complexity index is 442. The van der Waals surface area contributed by atoms with Gasteiger partial charge in [0.05, 0.1) is 12.2 Å². The maximum absolute atomic E-state index is 12.4. The number of carbonyl (C=O) groups excluding carboxylic acids is 1. The van der Waals surface area contributed by atoms with E-state index < -0.39 is 0 Å². The molecule has 0 unspecified atom stereocenters. The molecule has 1 N–H and O–H groups in total. The molecule has 1 aliphatic heterocycles. The highest BCUT2D eigenvalue weighted by molar-refractivity contribution is 6.32. The van der Waals surface area contributed by atoms with Crippen molar-refractivity contribution >= 4 is 17.5 Å². The summed E-state index contributed by atoms with van der Waals surface area (Å²) in [6.07, 6.45) is 2.48. The monoisotopic (exact) mass is 283 g/mol. The Morgan fingerprint density at radius 2 is 2.21 bits per heavy atom. The van der Waals surface area contributed by atoms with Crippen molar-refractivity contribution in [2.45, 2.75) is 6.42 Å². The van der Waals surface area contributed by atoms with Crippen LogP contribution in [0.3, 0.4) is 0 Å². The van der Waals surface area contributed by atoms with Crippen molar-refractivity contribution in [2.24, 2.45) is 0 Å². The van der Waals surface area contributed by atoms with Gasteiger partial charge in [-0.25, -0.2) is 4.98 Å². The van der Waals surface area contributed by atoms with Gasteiger partial charge in [-0.2, -0.15) is 0 Å². The van der Waals surface area contributed by atoms with Gasteiger partial charge in [0.2, 0.25) is 0 Å². The largest absolute Gasteiger partial charge is 0.395 e. The minimum absolute atomic E-state index is 0.0658. The maximum atomic E-state index is 12.4. The van der Waals surface area contributed by atoms with Gasteiger partial charge in [0.15, 0.2) is 0 Å². The third-order valence-corrected chi connectivity index (χ3v) is 3.58. The van der Waals surface area contributed by atoms with E-state index in [2.05, 4.69) is 9.88 Å². The van der Waals surface area contributed by atoms with E-state index in [-0.39, 0.29) is 17.7 Å². The molecule has 0 atom stereocenters. The molecule has 0 bridgehead atoms. The van der Waals surface area contributed by atoms with E-state index in [1.165, 1.54) is 0 Å². The van der Waals surface area contributed by atoms with Crippen LogP contribution in [0.25, 0.3) is 0 Å². The lowest BCUT2D eigenvalue weighted by atomic mass is 10.2. The van der Waals surface area contributed by atoms with Crippen LogP contribution < -0.4 is 0 Å². The van der Waals surface area contributed by atoms with Gasteiger partial charge < -0.3 is 10.0 Å². The number of halogens is 1. The fourth-order valence-corrected chi connectivity index (χ4v) is 2.46. The van der Waals surface area contributed by atoms with Crippen LogP contribution in [0.4, 0.5) is 0 Å². The van der Waals surface area contributed by atoms with E-state index in [1.807, 2.05) is 0 Å². The fourth-order valence-electron chi connectivity index (χ4n) is 2.25. The zero-order chi connectivity index (χ0) is 13.7. The predicted octanol–water partition coefficient (Wildman–Crippen LogP) is 0.875. The SMILES string of the molecule is O=C(c1cccnc1Cl)N1CCCN(CCO)CC1. The zero-order valence-corrected chi connectivity index (χ0v) is 11.5. The van der Waals surface area contributed by atoms with E-state index in [9.17, 15) is 4.79 Å². The van der Waals surface area contributed by atoms with Gasteiger partial charge in [0.25, 0.3) is 5.91 Å². The van der Waals surface area contributed by atoms with Crippen molar-refractivity contribution in [1.82, 2.24) is 14.8 Å². The number of aliphatic hydroxyl groups excluding tert-OH is 1. The van der Waals surface area contributed by atoms with Gasteiger partial charge in [-0.05, 0) is 25.1 Å². The molecule has 1 amide bonds. The summed E-state index contributed by atoms with van der Waals surface area (Å²) >= 11 is 5.96. The third kappa shape index (κ3) is 3.65. The quantitative estimate of drug-likeness (QED) is 0.837. The van der Waals surface area contributed by atoms with E-state index in [4.69, 9.17) is 16.7 Å². The number of nitrogens with zero attached hydrogens (tertiary/aromatic N) is 3. The van der Waals surface area contributed by atoms with Crippen LogP contribution in [0, 0.1) is 0 Å². The Labute approximate surface area is 117 Å². The molecule has 0 spiro atoms. The third-order valence-electron chi connectivity index (χ3n) is 3.28. The number of amides is 1. The van der Waals surface area contributed by atoms with E-state index in [1.54, 1.807) is 23.2 Å². The molecule has 1 saturated heterocycles. The molecular weight excluding hydrogens is 266 g/mol. The normalized spacial score (nSPS) is 17.3. The smallest absolute Gasteiger partial charge is 0.257 e. The van der Waals surface area contributed by atoms with Gasteiger partial charge >= 0.3 is 0 Å². The minimum Gasteiger partial charge on any atom is -0.395 e. The van der Waals surface area contributed by atoms with Crippen molar-refractivity contribution in [1.29, 1.82) is 0 Å². The Kier molecular flexibility index (Phi) is 5.13. The molecule has 6 heteroatoms. The highest BCUT2D eigenvalue weighted by atomic mass is 35.5. The van der Waals surface area contributed by atoms with Crippen molar-refractivity contribution in [3.05, 3.63) is 29.0 Å². The number of carbonyl (C=O) groups is 1. The highest BCUT2D eigenvalue weighted by Gasteiger charge is 2.21. The minimum atomic E-state index is -0.0658. The molecule has 2 heterocycles. The molecule has 0 saturated carbocycles. The van der Waals surface area contributed by atoms with Gasteiger partial charge in [-0.3, -0.25) is 9.69 Å². The first-order valence-corrected chi connectivity index (χ1v) is 6.83. The topological polar surface area (TPSA) is 56.7 Å². The molecule has 104 valence electrons. The van der Waals surface area contributed by atoms with Gasteiger partial charge in [-0.1, -0.05) is 11.6 Å². The lowest BCUT2D eigenvalue weighted by Gasteiger charge is -2.21. The molecule has 5 nitrogen and oxygen atoms in total. The number of aromatic nitrogens is 1. The molecule has 0 radical (unpaired) electrons. The Morgan fingerprint density at radius 3 is 2.95 bits per heavy atom. The molecule has 19 heavy (non-hydrogen) atoms. The number of hydrogen-bond acceptors (Lipinski definition) is 4. The van der Waals surface area contributed by atoms with Crippen molar-refractivity contribution in [3.63, 3.8) is 0 Å². The van der Waals surface area contributed by atoms with Crippen molar-refractivity contribution in [3.8, 4) is 0 Å². The van der Waals surface area contributed by atoms with Crippen LogP contribution in [-0.4, -0.2) is 65.1 Å². The first-order chi connectivity index (χ1) is 9.22. The van der Waals surface area contributed by atoms with Crippen LogP contribution in [0.5, 0.6) is 0 Å². The summed E-state index contributed by atoms with van der Waals surface area (Å²) in [6.45, 7) is 3.88. The molecular formula is C13H18ClN3O2. The first-order valence-electron chi connectivity index (χ1n) is 6.45. The summed E-state index contributed by atoms with van der Waals surface area (Å²) < 4.78 is 0. The van der Waals surface area contributed by atoms with Crippen LogP contribution in [0.1, 0.15) is 16.8 Å². The van der Waals surface area contributed by atoms with E-state index in [0.717, 1.165) is 19.5 Å². The summed E-state index contributed by atoms with van der Waals surface area (Å²) in [5.74, 6) is -0.0658. The second-order valence-electron chi connectivity index (χ2n) is 4.55. The van der Waals surface area contributed by atoms with Crippen molar-refractivity contribution in [2.75, 3.05) is 39.3 Å². The Morgan fingerprint density at radius 1 is 1.37 bits per heavy atom. The number of hydrogen-bond donors (Lipinski definition) is 1. The molecule has 1 aliphatic rings. The van der Waals surface area contributed by atoms with Gasteiger partial charge in [0.1, 0.15) is 5.15 Å². The second kappa shape index (κ2) is 6.84. The summed E-state index contributed by atoms with van der Waals surface area (Å²) in [5.41, 5.74) is 0.458. The molecule has 0 aliphatic carbocycles. The van der Waals surface area contributed by atoms with E-state index in [0.29, 0.717) is 25.2 Å². The average Bonchev–Trinajstić information content (AvgIpc) is 2.65. The summed E-state index contributed by atoms with van der Waals surface area (Å²) in [5, 5.41) is 9.21. The lowest BCUT2D eigenvalue weighted by molar-refractivity contribution is 0.0760. The summed E-state index contributed by atoms with van der Waals surface area (Å²) in [6, 6.07) is 3.42. The first kappa shape index (κ1) is 14.2. The summed E-state index contributed by atoms with van der Waals surface area (Å²) in [4.78, 5) is 20.3. The predicted molar refractivity (Wildman–Crippen MR) is 73.3 cm³/mol. The summed E-state index contributed by atoms with van der Waals surface area (Å²) in [7, 11) is 0. The standard InChI is InChI=1S/C13H18ClN3O2/c14-12-11(3-1-4-15-12)13(19)17-6-2-5-16(7-8-17)9-10-18/h1,3-4,18H,2,5-10H2. The number of β-amino-alcohol motifs (C(OH)–C–C–N with tert-alkyl or cyclic N) is 1. The number of pyridine rings is 1. The average molecular weight is 284 g/mol. The van der Waals surface area contributed by atoms with Crippen LogP contribution >= 0.6 is 11.6 Å². The molecule has 1 aromatic rings. The van der Waals surface area contributed by atoms with Crippen molar-refractivity contribution < 1.29 is 9.90 Å². The lowest BCUT2D eigenvalue weighted by Crippen LogP contribution is -2.36. The number of aliphatic hydroxyl groups is 1. The zero-order valence-electron chi connectivity index (χ0n) is 10.8. The van der Waals surface area contributed by atoms with Crippen LogP contribution in [0.2, 0.25) is 5.15 Å². The molecule has 1 fully saturated rings. The number of rotatable bonds is 3. The molecule has 1 aromatic heterocycles. The maximum Gasteiger partial charge on any atom is 0.257 e. The van der Waals surface area contributed by atoms with Gasteiger partial charge in [0, 0.05) is 32.4 Å². The van der Waals surface area contributed by atoms with Crippen LogP contribution in [-0.2, 0) is 0 Å². The van der Waals surface area contributed by atoms with Crippen LogP contribution in [0.15, 0.2) is 18.3 Å². The van der Waals surface area contributed by atoms with E-state index >= 15 is 0 Å². The molecule has 2 rings (SSSR count). The van der Waals surface area contributed by atoms with Gasteiger partial charge in [-0.15, -0.1) is 0 Å². The Balaban J connectivity index is 2.02. The second-order valence-corrected chi connectivity index (χ2v) is 4.91. The highest BCUT2D eigenvalue weighted by Crippen LogP contribution is 2.15. The fraction of sp³-hybridized carbons (Fsp3) is 0.538.